The Labute approximate surface area is 129 Å². The van der Waals surface area contributed by atoms with E-state index < -0.39 is 0 Å². The van der Waals surface area contributed by atoms with Crippen molar-refractivity contribution in [1.82, 2.24) is 4.90 Å². The van der Waals surface area contributed by atoms with Gasteiger partial charge in [0, 0.05) is 12.1 Å². The number of carbonyl (C=O) groups is 1. The molecule has 2 aromatic rings. The molecule has 0 bridgehead atoms. The van der Waals surface area contributed by atoms with Crippen molar-refractivity contribution in [3.05, 3.63) is 53.5 Å². The molecule has 2 heterocycles. The van der Waals surface area contributed by atoms with Crippen LogP contribution in [0.4, 0.5) is 0 Å². The van der Waals surface area contributed by atoms with Gasteiger partial charge in [0.2, 0.25) is 0 Å². The first kappa shape index (κ1) is 14.7. The van der Waals surface area contributed by atoms with E-state index in [1.165, 1.54) is 0 Å². The summed E-state index contributed by atoms with van der Waals surface area (Å²) >= 11 is 0. The van der Waals surface area contributed by atoms with Gasteiger partial charge < -0.3 is 18.8 Å². The maximum Gasteiger partial charge on any atom is 0.254 e. The summed E-state index contributed by atoms with van der Waals surface area (Å²) in [7, 11) is 1.61. The second-order valence-corrected chi connectivity index (χ2v) is 5.27. The van der Waals surface area contributed by atoms with Gasteiger partial charge >= 0.3 is 0 Å². The Morgan fingerprint density at radius 1 is 1.23 bits per heavy atom. The van der Waals surface area contributed by atoms with Crippen molar-refractivity contribution in [2.75, 3.05) is 26.9 Å². The molecule has 1 aliphatic rings. The molecular weight excluding hydrogens is 282 g/mol. The standard InChI is InChI=1S/C17H19NO4/c1-12-3-8-16(22-12)15-11-21-10-9-18(15)17(19)13-4-6-14(20-2)7-5-13/h3-8,15H,9-11H2,1-2H3/t15-/m0/s1. The summed E-state index contributed by atoms with van der Waals surface area (Å²) in [6.07, 6.45) is 0. The molecule has 1 fully saturated rings. The number of furan rings is 1. The van der Waals surface area contributed by atoms with Gasteiger partial charge in [-0.1, -0.05) is 0 Å². The molecule has 1 aromatic heterocycles. The summed E-state index contributed by atoms with van der Waals surface area (Å²) < 4.78 is 16.3. The number of rotatable bonds is 3. The monoisotopic (exact) mass is 301 g/mol. The van der Waals surface area contributed by atoms with Gasteiger partial charge in [-0.05, 0) is 43.3 Å². The predicted octanol–water partition coefficient (Wildman–Crippen LogP) is 2.81. The highest BCUT2D eigenvalue weighted by atomic mass is 16.5. The number of aryl methyl sites for hydroxylation is 1. The van der Waals surface area contributed by atoms with Crippen LogP contribution in [0.3, 0.4) is 0 Å². The molecule has 0 aliphatic carbocycles. The molecule has 5 heteroatoms. The molecule has 1 amide bonds. The van der Waals surface area contributed by atoms with Gasteiger partial charge in [-0.15, -0.1) is 0 Å². The molecule has 5 nitrogen and oxygen atoms in total. The summed E-state index contributed by atoms with van der Waals surface area (Å²) in [6, 6.07) is 10.8. The molecule has 0 saturated carbocycles. The fourth-order valence-corrected chi connectivity index (χ4v) is 2.61. The number of hydrogen-bond donors (Lipinski definition) is 0. The first-order chi connectivity index (χ1) is 10.7. The third-order valence-corrected chi connectivity index (χ3v) is 3.82. The smallest absolute Gasteiger partial charge is 0.254 e. The summed E-state index contributed by atoms with van der Waals surface area (Å²) in [5.74, 6) is 2.30. The lowest BCUT2D eigenvalue weighted by Crippen LogP contribution is -2.43. The van der Waals surface area contributed by atoms with Crippen LogP contribution < -0.4 is 4.74 Å². The number of nitrogens with zero attached hydrogens (tertiary/aromatic N) is 1. The van der Waals surface area contributed by atoms with Gasteiger partial charge in [0.05, 0.1) is 20.3 Å². The SMILES string of the molecule is COc1ccc(C(=O)N2CCOC[C@H]2c2ccc(C)o2)cc1. The van der Waals surface area contributed by atoms with Gasteiger partial charge in [0.15, 0.2) is 0 Å². The summed E-state index contributed by atoms with van der Waals surface area (Å²) in [4.78, 5) is 14.6. The predicted molar refractivity (Wildman–Crippen MR) is 81.0 cm³/mol. The van der Waals surface area contributed by atoms with Crippen LogP contribution >= 0.6 is 0 Å². The number of amides is 1. The zero-order chi connectivity index (χ0) is 15.5. The minimum absolute atomic E-state index is 0.0231. The van der Waals surface area contributed by atoms with Crippen molar-refractivity contribution in [3.63, 3.8) is 0 Å². The highest BCUT2D eigenvalue weighted by Crippen LogP contribution is 2.27. The maximum atomic E-state index is 12.8. The number of methoxy groups -OCH3 is 1. The van der Waals surface area contributed by atoms with Crippen molar-refractivity contribution < 1.29 is 18.7 Å². The number of hydrogen-bond acceptors (Lipinski definition) is 4. The van der Waals surface area contributed by atoms with E-state index in [9.17, 15) is 4.79 Å². The normalized spacial score (nSPS) is 18.3. The lowest BCUT2D eigenvalue weighted by Gasteiger charge is -2.34. The molecule has 22 heavy (non-hydrogen) atoms. The van der Waals surface area contributed by atoms with E-state index in [0.29, 0.717) is 25.3 Å². The van der Waals surface area contributed by atoms with E-state index in [2.05, 4.69) is 0 Å². The van der Waals surface area contributed by atoms with E-state index in [4.69, 9.17) is 13.9 Å². The van der Waals surface area contributed by atoms with Crippen LogP contribution in [0.15, 0.2) is 40.8 Å². The first-order valence-electron chi connectivity index (χ1n) is 7.28. The Hall–Kier alpha value is -2.27. The van der Waals surface area contributed by atoms with Crippen LogP contribution in [0.25, 0.3) is 0 Å². The fraction of sp³-hybridized carbons (Fsp3) is 0.353. The number of morpholine rings is 1. The van der Waals surface area contributed by atoms with Crippen LogP contribution in [-0.4, -0.2) is 37.7 Å². The Morgan fingerprint density at radius 3 is 2.64 bits per heavy atom. The molecular formula is C17H19NO4. The molecule has 0 radical (unpaired) electrons. The van der Waals surface area contributed by atoms with Gasteiger partial charge in [-0.3, -0.25) is 4.79 Å². The quantitative estimate of drug-likeness (QED) is 0.875. The largest absolute Gasteiger partial charge is 0.497 e. The summed E-state index contributed by atoms with van der Waals surface area (Å²) in [5.41, 5.74) is 0.635. The van der Waals surface area contributed by atoms with Gasteiger partial charge in [0.25, 0.3) is 5.91 Å². The molecule has 3 rings (SSSR count). The molecule has 1 aromatic carbocycles. The van der Waals surface area contributed by atoms with Crippen LogP contribution in [0.1, 0.15) is 27.9 Å². The fourth-order valence-electron chi connectivity index (χ4n) is 2.61. The Bertz CT molecular complexity index is 647. The first-order valence-corrected chi connectivity index (χ1v) is 7.28. The second-order valence-electron chi connectivity index (χ2n) is 5.27. The van der Waals surface area contributed by atoms with Gasteiger partial charge in [-0.2, -0.15) is 0 Å². The summed E-state index contributed by atoms with van der Waals surface area (Å²) in [6.45, 7) is 3.44. The molecule has 0 N–H and O–H groups in total. The Morgan fingerprint density at radius 2 is 2.00 bits per heavy atom. The Kier molecular flexibility index (Phi) is 4.15. The minimum atomic E-state index is -0.183. The van der Waals surface area contributed by atoms with Crippen molar-refractivity contribution in [1.29, 1.82) is 0 Å². The third kappa shape index (κ3) is 2.85. The Balaban J connectivity index is 1.84. The summed E-state index contributed by atoms with van der Waals surface area (Å²) in [5, 5.41) is 0. The van der Waals surface area contributed by atoms with Crippen LogP contribution in [-0.2, 0) is 4.74 Å². The zero-order valence-corrected chi connectivity index (χ0v) is 12.7. The molecule has 116 valence electrons. The number of benzene rings is 1. The van der Waals surface area contributed by atoms with E-state index in [0.717, 1.165) is 17.3 Å². The number of ether oxygens (including phenoxy) is 2. The van der Waals surface area contributed by atoms with Crippen LogP contribution in [0.2, 0.25) is 0 Å². The lowest BCUT2D eigenvalue weighted by molar-refractivity contribution is -0.00895. The van der Waals surface area contributed by atoms with Crippen LogP contribution in [0.5, 0.6) is 5.75 Å². The second kappa shape index (κ2) is 6.23. The van der Waals surface area contributed by atoms with Gasteiger partial charge in [-0.25, -0.2) is 0 Å². The molecule has 1 aliphatic heterocycles. The minimum Gasteiger partial charge on any atom is -0.497 e. The van der Waals surface area contributed by atoms with E-state index in [-0.39, 0.29) is 11.9 Å². The molecule has 0 unspecified atom stereocenters. The molecule has 1 atom stereocenters. The van der Waals surface area contributed by atoms with Gasteiger partial charge in [0.1, 0.15) is 23.3 Å². The molecule has 1 saturated heterocycles. The highest BCUT2D eigenvalue weighted by molar-refractivity contribution is 5.94. The van der Waals surface area contributed by atoms with Crippen LogP contribution in [0, 0.1) is 6.92 Å². The average Bonchev–Trinajstić information content (AvgIpc) is 3.00. The van der Waals surface area contributed by atoms with Crippen molar-refractivity contribution in [2.24, 2.45) is 0 Å². The third-order valence-electron chi connectivity index (χ3n) is 3.82. The lowest BCUT2D eigenvalue weighted by atomic mass is 10.1. The topological polar surface area (TPSA) is 51.9 Å². The zero-order valence-electron chi connectivity index (χ0n) is 12.7. The van der Waals surface area contributed by atoms with E-state index in [1.54, 1.807) is 31.4 Å². The van der Waals surface area contributed by atoms with Crippen molar-refractivity contribution in [2.45, 2.75) is 13.0 Å². The highest BCUT2D eigenvalue weighted by Gasteiger charge is 2.31. The van der Waals surface area contributed by atoms with E-state index >= 15 is 0 Å². The number of carbonyl (C=O) groups excluding carboxylic acids is 1. The average molecular weight is 301 g/mol. The van der Waals surface area contributed by atoms with E-state index in [1.807, 2.05) is 24.0 Å². The van der Waals surface area contributed by atoms with Crippen molar-refractivity contribution in [3.8, 4) is 5.75 Å². The van der Waals surface area contributed by atoms with Crippen molar-refractivity contribution >= 4 is 5.91 Å². The maximum absolute atomic E-state index is 12.8. The molecule has 0 spiro atoms.